The summed E-state index contributed by atoms with van der Waals surface area (Å²) in [4.78, 5) is 16.8. The van der Waals surface area contributed by atoms with Gasteiger partial charge in [-0.3, -0.25) is 4.79 Å². The molecule has 1 aromatic heterocycles. The molecule has 0 radical (unpaired) electrons. The summed E-state index contributed by atoms with van der Waals surface area (Å²) in [5.74, 6) is 0.495. The van der Waals surface area contributed by atoms with Gasteiger partial charge in [-0.1, -0.05) is 19.0 Å². The SMILES string of the molecule is CCN(CC)c1onc(-c2ccc(F)cc2)c1CN(C(=O)C(C)C)C1CC1. The van der Waals surface area contributed by atoms with Gasteiger partial charge in [0.15, 0.2) is 0 Å². The highest BCUT2D eigenvalue weighted by molar-refractivity contribution is 5.79. The Hall–Kier alpha value is -2.37. The Morgan fingerprint density at radius 1 is 1.22 bits per heavy atom. The van der Waals surface area contributed by atoms with Crippen LogP contribution in [0.3, 0.4) is 0 Å². The first kappa shape index (κ1) is 19.4. The van der Waals surface area contributed by atoms with Gasteiger partial charge in [0.05, 0.1) is 12.1 Å². The maximum Gasteiger partial charge on any atom is 0.232 e. The number of carbonyl (C=O) groups excluding carboxylic acids is 1. The van der Waals surface area contributed by atoms with E-state index in [1.807, 2.05) is 18.7 Å². The highest BCUT2D eigenvalue weighted by atomic mass is 19.1. The third kappa shape index (κ3) is 4.15. The van der Waals surface area contributed by atoms with E-state index in [0.29, 0.717) is 24.2 Å². The Morgan fingerprint density at radius 2 is 1.85 bits per heavy atom. The first-order valence-corrected chi connectivity index (χ1v) is 9.76. The molecular formula is C21H28FN3O2. The van der Waals surface area contributed by atoms with Crippen LogP contribution >= 0.6 is 0 Å². The van der Waals surface area contributed by atoms with E-state index in [9.17, 15) is 9.18 Å². The van der Waals surface area contributed by atoms with E-state index in [1.165, 1.54) is 12.1 Å². The lowest BCUT2D eigenvalue weighted by Gasteiger charge is -2.26. The van der Waals surface area contributed by atoms with Gasteiger partial charge in [0.1, 0.15) is 11.5 Å². The normalized spacial score (nSPS) is 13.9. The highest BCUT2D eigenvalue weighted by Crippen LogP contribution is 2.36. The lowest BCUT2D eigenvalue weighted by Crippen LogP contribution is -2.36. The summed E-state index contributed by atoms with van der Waals surface area (Å²) in [7, 11) is 0. The molecule has 0 bridgehead atoms. The molecule has 1 heterocycles. The van der Waals surface area contributed by atoms with Crippen molar-refractivity contribution in [3.8, 4) is 11.3 Å². The van der Waals surface area contributed by atoms with Gasteiger partial charge >= 0.3 is 0 Å². The highest BCUT2D eigenvalue weighted by Gasteiger charge is 2.35. The summed E-state index contributed by atoms with van der Waals surface area (Å²) in [6, 6.07) is 6.54. The van der Waals surface area contributed by atoms with Crippen LogP contribution in [0.4, 0.5) is 10.3 Å². The molecular weight excluding hydrogens is 345 g/mol. The molecule has 1 aliphatic carbocycles. The molecule has 0 atom stereocenters. The van der Waals surface area contributed by atoms with Gasteiger partial charge in [0, 0.05) is 30.6 Å². The zero-order chi connectivity index (χ0) is 19.6. The van der Waals surface area contributed by atoms with E-state index in [1.54, 1.807) is 12.1 Å². The molecule has 27 heavy (non-hydrogen) atoms. The summed E-state index contributed by atoms with van der Waals surface area (Å²) < 4.78 is 19.1. The predicted octanol–water partition coefficient (Wildman–Crippen LogP) is 4.47. The van der Waals surface area contributed by atoms with Gasteiger partial charge in [-0.15, -0.1) is 0 Å². The molecule has 1 aromatic carbocycles. The topological polar surface area (TPSA) is 49.6 Å². The Morgan fingerprint density at radius 3 is 2.37 bits per heavy atom. The van der Waals surface area contributed by atoms with Crippen LogP contribution in [0.15, 0.2) is 28.8 Å². The summed E-state index contributed by atoms with van der Waals surface area (Å²) >= 11 is 0. The van der Waals surface area contributed by atoms with Crippen LogP contribution in [0.25, 0.3) is 11.3 Å². The van der Waals surface area contributed by atoms with Crippen molar-refractivity contribution in [2.24, 2.45) is 5.92 Å². The largest absolute Gasteiger partial charge is 0.341 e. The van der Waals surface area contributed by atoms with Crippen molar-refractivity contribution in [3.05, 3.63) is 35.6 Å². The van der Waals surface area contributed by atoms with E-state index in [0.717, 1.165) is 37.1 Å². The quantitative estimate of drug-likeness (QED) is 0.685. The second-order valence-corrected chi connectivity index (χ2v) is 7.35. The molecule has 0 spiro atoms. The van der Waals surface area contributed by atoms with E-state index in [2.05, 4.69) is 23.9 Å². The zero-order valence-corrected chi connectivity index (χ0v) is 16.5. The number of hydrogen-bond donors (Lipinski definition) is 0. The maximum absolute atomic E-state index is 13.4. The maximum atomic E-state index is 13.4. The van der Waals surface area contributed by atoms with Crippen LogP contribution in [-0.2, 0) is 11.3 Å². The first-order valence-electron chi connectivity index (χ1n) is 9.76. The molecule has 146 valence electrons. The molecule has 2 aromatic rings. The van der Waals surface area contributed by atoms with E-state index in [-0.39, 0.29) is 17.6 Å². The van der Waals surface area contributed by atoms with Crippen LogP contribution in [0.5, 0.6) is 0 Å². The Balaban J connectivity index is 2.02. The fourth-order valence-corrected chi connectivity index (χ4v) is 3.31. The molecule has 0 unspecified atom stereocenters. The van der Waals surface area contributed by atoms with Gasteiger partial charge in [-0.05, 0) is 51.0 Å². The van der Waals surface area contributed by atoms with E-state index < -0.39 is 0 Å². The first-order chi connectivity index (χ1) is 13.0. The van der Waals surface area contributed by atoms with Gasteiger partial charge < -0.3 is 14.3 Å². The van der Waals surface area contributed by atoms with Crippen molar-refractivity contribution in [2.45, 2.75) is 53.1 Å². The number of carbonyl (C=O) groups is 1. The van der Waals surface area contributed by atoms with Crippen molar-refractivity contribution in [2.75, 3.05) is 18.0 Å². The number of rotatable bonds is 8. The average molecular weight is 373 g/mol. The summed E-state index contributed by atoms with van der Waals surface area (Å²) in [5.41, 5.74) is 2.37. The van der Waals surface area contributed by atoms with Crippen molar-refractivity contribution in [1.82, 2.24) is 10.1 Å². The molecule has 1 saturated carbocycles. The minimum atomic E-state index is -0.289. The van der Waals surface area contributed by atoms with Crippen molar-refractivity contribution < 1.29 is 13.7 Å². The number of amides is 1. The molecule has 1 fully saturated rings. The van der Waals surface area contributed by atoms with E-state index in [4.69, 9.17) is 4.52 Å². The fraction of sp³-hybridized carbons (Fsp3) is 0.524. The Labute approximate surface area is 160 Å². The number of hydrogen-bond acceptors (Lipinski definition) is 4. The number of aromatic nitrogens is 1. The van der Waals surface area contributed by atoms with Crippen LogP contribution in [0.2, 0.25) is 0 Å². The third-order valence-electron chi connectivity index (χ3n) is 5.03. The number of benzene rings is 1. The Bertz CT molecular complexity index is 777. The number of nitrogens with zero attached hydrogens (tertiary/aromatic N) is 3. The average Bonchev–Trinajstić information content (AvgIpc) is 3.42. The minimum absolute atomic E-state index is 0.0587. The lowest BCUT2D eigenvalue weighted by molar-refractivity contribution is -0.135. The predicted molar refractivity (Wildman–Crippen MR) is 104 cm³/mol. The summed E-state index contributed by atoms with van der Waals surface area (Å²) in [5, 5.41) is 4.29. The molecule has 1 amide bonds. The molecule has 5 nitrogen and oxygen atoms in total. The Kier molecular flexibility index (Phi) is 5.82. The lowest BCUT2D eigenvalue weighted by atomic mass is 10.1. The zero-order valence-electron chi connectivity index (χ0n) is 16.5. The van der Waals surface area contributed by atoms with Crippen LogP contribution in [-0.4, -0.2) is 35.1 Å². The summed E-state index contributed by atoms with van der Waals surface area (Å²) in [6.07, 6.45) is 2.08. The van der Waals surface area contributed by atoms with Crippen molar-refractivity contribution in [1.29, 1.82) is 0 Å². The second-order valence-electron chi connectivity index (χ2n) is 7.35. The fourth-order valence-electron chi connectivity index (χ4n) is 3.31. The number of halogens is 1. The smallest absolute Gasteiger partial charge is 0.232 e. The molecule has 3 rings (SSSR count). The van der Waals surface area contributed by atoms with Gasteiger partial charge in [-0.2, -0.15) is 0 Å². The summed E-state index contributed by atoms with van der Waals surface area (Å²) in [6.45, 7) is 10.0. The standard InChI is InChI=1S/C21H28FN3O2/c1-5-24(6-2)21-18(13-25(17-11-12-17)20(26)14(3)4)19(23-27-21)15-7-9-16(22)10-8-15/h7-10,14,17H,5-6,11-13H2,1-4H3. The van der Waals surface area contributed by atoms with Crippen LogP contribution in [0, 0.1) is 11.7 Å². The van der Waals surface area contributed by atoms with Gasteiger partial charge in [-0.25, -0.2) is 4.39 Å². The molecule has 0 saturated heterocycles. The van der Waals surface area contributed by atoms with Crippen molar-refractivity contribution >= 4 is 11.8 Å². The molecule has 6 heteroatoms. The van der Waals surface area contributed by atoms with Crippen molar-refractivity contribution in [3.63, 3.8) is 0 Å². The minimum Gasteiger partial charge on any atom is -0.341 e. The van der Waals surface area contributed by atoms with Gasteiger partial charge in [0.2, 0.25) is 11.8 Å². The van der Waals surface area contributed by atoms with E-state index >= 15 is 0 Å². The molecule has 0 aliphatic heterocycles. The van der Waals surface area contributed by atoms with Gasteiger partial charge in [0.25, 0.3) is 0 Å². The second kappa shape index (κ2) is 8.11. The molecule has 1 aliphatic rings. The molecule has 0 N–H and O–H groups in total. The monoisotopic (exact) mass is 373 g/mol. The van der Waals surface area contributed by atoms with Crippen LogP contribution in [0.1, 0.15) is 46.1 Å². The third-order valence-corrected chi connectivity index (χ3v) is 5.03. The number of anilines is 1. The van der Waals surface area contributed by atoms with Crippen LogP contribution < -0.4 is 4.90 Å².